The van der Waals surface area contributed by atoms with E-state index in [0.29, 0.717) is 0 Å². The molecule has 3 rings (SSSR count). The van der Waals surface area contributed by atoms with Gasteiger partial charge in [0.25, 0.3) is 0 Å². The molecule has 178 valence electrons. The standard InChI is InChI=1S/C21H21F3N2O6S/c1-31-20(28)17-7-2-3-8-18(17)33(29,30)26-11-9-14(10-12-26)19(27)25-15-5-4-6-16(13-15)32-21(22,23)24/h2-8,13-14H,9-12H2,1H3,(H,25,27). The second-order valence-electron chi connectivity index (χ2n) is 7.23. The summed E-state index contributed by atoms with van der Waals surface area (Å²) in [6.45, 7) is 0.0697. The van der Waals surface area contributed by atoms with Crippen molar-refractivity contribution in [3.8, 4) is 5.75 Å². The van der Waals surface area contributed by atoms with Crippen LogP contribution in [-0.2, 0) is 19.6 Å². The van der Waals surface area contributed by atoms with Crippen molar-refractivity contribution < 1.29 is 40.7 Å². The van der Waals surface area contributed by atoms with E-state index in [1.54, 1.807) is 0 Å². The lowest BCUT2D eigenvalue weighted by Crippen LogP contribution is -2.41. The van der Waals surface area contributed by atoms with Crippen LogP contribution in [0.3, 0.4) is 0 Å². The minimum absolute atomic E-state index is 0.0349. The quantitative estimate of drug-likeness (QED) is 0.628. The van der Waals surface area contributed by atoms with Gasteiger partial charge in [0.05, 0.1) is 17.6 Å². The van der Waals surface area contributed by atoms with E-state index in [0.717, 1.165) is 19.2 Å². The van der Waals surface area contributed by atoms with Crippen molar-refractivity contribution in [2.45, 2.75) is 24.1 Å². The van der Waals surface area contributed by atoms with Crippen LogP contribution >= 0.6 is 0 Å². The topological polar surface area (TPSA) is 102 Å². The third-order valence-electron chi connectivity index (χ3n) is 5.07. The second-order valence-corrected chi connectivity index (χ2v) is 9.14. The first-order chi connectivity index (χ1) is 15.5. The van der Waals surface area contributed by atoms with Gasteiger partial charge < -0.3 is 14.8 Å². The fraction of sp³-hybridized carbons (Fsp3) is 0.333. The lowest BCUT2D eigenvalue weighted by atomic mass is 9.97. The minimum Gasteiger partial charge on any atom is -0.465 e. The van der Waals surface area contributed by atoms with Gasteiger partial charge in [-0.1, -0.05) is 18.2 Å². The van der Waals surface area contributed by atoms with E-state index >= 15 is 0 Å². The van der Waals surface area contributed by atoms with Crippen LogP contribution in [0, 0.1) is 5.92 Å². The smallest absolute Gasteiger partial charge is 0.465 e. The Hall–Kier alpha value is -3.12. The zero-order valence-corrected chi connectivity index (χ0v) is 18.3. The van der Waals surface area contributed by atoms with Gasteiger partial charge in [-0.15, -0.1) is 13.2 Å². The highest BCUT2D eigenvalue weighted by Crippen LogP contribution is 2.28. The number of anilines is 1. The predicted octanol–water partition coefficient (Wildman–Crippen LogP) is 3.41. The number of hydrogen-bond donors (Lipinski definition) is 1. The number of halogens is 3. The molecule has 1 aliphatic heterocycles. The molecule has 1 N–H and O–H groups in total. The number of alkyl halides is 3. The van der Waals surface area contributed by atoms with Crippen molar-refractivity contribution in [1.82, 2.24) is 4.31 Å². The Balaban J connectivity index is 1.65. The van der Waals surface area contributed by atoms with Gasteiger partial charge in [-0.2, -0.15) is 4.31 Å². The molecule has 0 bridgehead atoms. The maximum atomic E-state index is 13.1. The number of nitrogens with one attached hydrogen (secondary N) is 1. The summed E-state index contributed by atoms with van der Waals surface area (Å²) in [5, 5.41) is 2.54. The molecule has 1 fully saturated rings. The summed E-state index contributed by atoms with van der Waals surface area (Å²) < 4.78 is 73.0. The van der Waals surface area contributed by atoms with Crippen molar-refractivity contribution in [1.29, 1.82) is 0 Å². The van der Waals surface area contributed by atoms with Gasteiger partial charge in [-0.3, -0.25) is 4.79 Å². The van der Waals surface area contributed by atoms with Gasteiger partial charge >= 0.3 is 12.3 Å². The lowest BCUT2D eigenvalue weighted by molar-refractivity contribution is -0.274. The average Bonchev–Trinajstić information content (AvgIpc) is 2.77. The lowest BCUT2D eigenvalue weighted by Gasteiger charge is -2.31. The third-order valence-corrected chi connectivity index (χ3v) is 7.03. The Kier molecular flexibility index (Phi) is 7.28. The number of piperidine rings is 1. The predicted molar refractivity (Wildman–Crippen MR) is 111 cm³/mol. The van der Waals surface area contributed by atoms with Crippen molar-refractivity contribution in [3.05, 3.63) is 54.1 Å². The molecule has 0 spiro atoms. The van der Waals surface area contributed by atoms with Crippen LogP contribution in [0.5, 0.6) is 5.75 Å². The summed E-state index contributed by atoms with van der Waals surface area (Å²) in [6, 6.07) is 10.6. The van der Waals surface area contributed by atoms with Crippen LogP contribution in [0.25, 0.3) is 0 Å². The maximum Gasteiger partial charge on any atom is 0.573 e. The molecular weight excluding hydrogens is 465 g/mol. The number of amides is 1. The molecule has 0 saturated carbocycles. The molecule has 2 aromatic rings. The summed E-state index contributed by atoms with van der Waals surface area (Å²) in [7, 11) is -2.85. The van der Waals surface area contributed by atoms with E-state index in [9.17, 15) is 31.2 Å². The number of nitrogens with zero attached hydrogens (tertiary/aromatic N) is 1. The van der Waals surface area contributed by atoms with E-state index in [1.807, 2.05) is 0 Å². The largest absolute Gasteiger partial charge is 0.573 e. The van der Waals surface area contributed by atoms with E-state index in [4.69, 9.17) is 0 Å². The first kappa shape index (κ1) is 24.5. The highest BCUT2D eigenvalue weighted by Gasteiger charge is 2.34. The number of esters is 1. The highest BCUT2D eigenvalue weighted by molar-refractivity contribution is 7.89. The fourth-order valence-corrected chi connectivity index (χ4v) is 5.13. The third kappa shape index (κ3) is 6.02. The fourth-order valence-electron chi connectivity index (χ4n) is 3.48. The van der Waals surface area contributed by atoms with Gasteiger partial charge in [-0.05, 0) is 37.1 Å². The number of methoxy groups -OCH3 is 1. The van der Waals surface area contributed by atoms with Gasteiger partial charge in [-0.25, -0.2) is 13.2 Å². The van der Waals surface area contributed by atoms with E-state index in [-0.39, 0.29) is 42.1 Å². The van der Waals surface area contributed by atoms with Gasteiger partial charge in [0.15, 0.2) is 0 Å². The number of carbonyl (C=O) groups is 2. The van der Waals surface area contributed by atoms with Crippen molar-refractivity contribution >= 4 is 27.6 Å². The zero-order chi connectivity index (χ0) is 24.2. The van der Waals surface area contributed by atoms with E-state index in [2.05, 4.69) is 14.8 Å². The summed E-state index contributed by atoms with van der Waals surface area (Å²) >= 11 is 0. The number of ether oxygens (including phenoxy) is 2. The molecule has 12 heteroatoms. The Bertz CT molecular complexity index is 1130. The van der Waals surface area contributed by atoms with Crippen LogP contribution in [0.15, 0.2) is 53.4 Å². The molecule has 0 aromatic heterocycles. The molecule has 1 heterocycles. The number of carbonyl (C=O) groups excluding carboxylic acids is 2. The molecular formula is C21H21F3N2O6S. The minimum atomic E-state index is -4.85. The Morgan fingerprint density at radius 1 is 1.06 bits per heavy atom. The normalized spacial score (nSPS) is 15.6. The SMILES string of the molecule is COC(=O)c1ccccc1S(=O)(=O)N1CCC(C(=O)Nc2cccc(OC(F)(F)F)c2)CC1. The Labute approximate surface area is 188 Å². The van der Waals surface area contributed by atoms with Crippen LogP contribution in [0.2, 0.25) is 0 Å². The molecule has 33 heavy (non-hydrogen) atoms. The molecule has 8 nitrogen and oxygen atoms in total. The summed E-state index contributed by atoms with van der Waals surface area (Å²) in [5.74, 6) is -2.23. The van der Waals surface area contributed by atoms with Gasteiger partial charge in [0.2, 0.25) is 15.9 Å². The molecule has 1 aliphatic rings. The van der Waals surface area contributed by atoms with Crippen LogP contribution < -0.4 is 10.1 Å². The number of hydrogen-bond acceptors (Lipinski definition) is 6. The van der Waals surface area contributed by atoms with Crippen LogP contribution in [0.4, 0.5) is 18.9 Å². The molecule has 0 atom stereocenters. The summed E-state index contributed by atoms with van der Waals surface area (Å²) in [5.41, 5.74) is 0.0460. The Morgan fingerprint density at radius 3 is 2.36 bits per heavy atom. The monoisotopic (exact) mass is 486 g/mol. The first-order valence-electron chi connectivity index (χ1n) is 9.85. The molecule has 2 aromatic carbocycles. The van der Waals surface area contributed by atoms with E-state index in [1.165, 1.54) is 40.7 Å². The van der Waals surface area contributed by atoms with Crippen molar-refractivity contribution in [2.75, 3.05) is 25.5 Å². The van der Waals surface area contributed by atoms with Crippen molar-refractivity contribution in [2.24, 2.45) is 5.92 Å². The van der Waals surface area contributed by atoms with Crippen LogP contribution in [-0.4, -0.2) is 51.2 Å². The summed E-state index contributed by atoms with van der Waals surface area (Å²) in [4.78, 5) is 24.3. The summed E-state index contributed by atoms with van der Waals surface area (Å²) in [6.07, 6.45) is -4.46. The number of sulfonamides is 1. The zero-order valence-electron chi connectivity index (χ0n) is 17.5. The second kappa shape index (κ2) is 9.79. The molecule has 1 amide bonds. The van der Waals surface area contributed by atoms with Crippen molar-refractivity contribution in [3.63, 3.8) is 0 Å². The molecule has 0 radical (unpaired) electrons. The van der Waals surface area contributed by atoms with Crippen LogP contribution in [0.1, 0.15) is 23.2 Å². The van der Waals surface area contributed by atoms with Gasteiger partial charge in [0.1, 0.15) is 5.75 Å². The number of rotatable bonds is 6. The average molecular weight is 486 g/mol. The highest BCUT2D eigenvalue weighted by atomic mass is 32.2. The van der Waals surface area contributed by atoms with E-state index < -0.39 is 39.9 Å². The molecule has 1 saturated heterocycles. The first-order valence-corrected chi connectivity index (χ1v) is 11.3. The Morgan fingerprint density at radius 2 is 1.73 bits per heavy atom. The number of benzene rings is 2. The van der Waals surface area contributed by atoms with Gasteiger partial charge in [0, 0.05) is 30.8 Å². The molecule has 0 aliphatic carbocycles. The molecule has 0 unspecified atom stereocenters. The maximum absolute atomic E-state index is 13.1.